The summed E-state index contributed by atoms with van der Waals surface area (Å²) in [6.45, 7) is 7.86. The molecule has 1 rings (SSSR count). The van der Waals surface area contributed by atoms with Crippen molar-refractivity contribution in [3.8, 4) is 0 Å². The summed E-state index contributed by atoms with van der Waals surface area (Å²) in [6.07, 6.45) is 2.86. The van der Waals surface area contributed by atoms with Crippen LogP contribution in [-0.2, 0) is 4.79 Å². The number of para-hydroxylation sites is 1. The molecule has 1 amide bonds. The Labute approximate surface area is 128 Å². The van der Waals surface area contributed by atoms with E-state index in [-0.39, 0.29) is 18.6 Å². The number of unbranched alkanes of at least 4 members (excludes halogenated alkanes) is 1. The molecule has 21 heavy (non-hydrogen) atoms. The van der Waals surface area contributed by atoms with Crippen LogP contribution >= 0.6 is 0 Å². The number of rotatable bonds is 9. The molecule has 4 heteroatoms. The summed E-state index contributed by atoms with van der Waals surface area (Å²) in [5.41, 5.74) is 1.93. The predicted octanol–water partition coefficient (Wildman–Crippen LogP) is 2.81. The SMILES string of the molecule is CCCCN(CCCO)C(C)C(=O)Nc1ccccc1C. The lowest BCUT2D eigenvalue weighted by atomic mass is 10.1. The van der Waals surface area contributed by atoms with Crippen LogP contribution in [0.3, 0.4) is 0 Å². The summed E-state index contributed by atoms with van der Waals surface area (Å²) in [6, 6.07) is 7.60. The standard InChI is InChI=1S/C17H28N2O2/c1-4-5-11-19(12-8-13-20)15(3)17(21)18-16-10-7-6-9-14(16)2/h6-7,9-10,15,20H,4-5,8,11-13H2,1-3H3,(H,18,21). The molecule has 1 unspecified atom stereocenters. The predicted molar refractivity (Wildman–Crippen MR) is 87.5 cm³/mol. The number of aliphatic hydroxyl groups is 1. The molecule has 0 aliphatic carbocycles. The largest absolute Gasteiger partial charge is 0.396 e. The Morgan fingerprint density at radius 2 is 1.95 bits per heavy atom. The van der Waals surface area contributed by atoms with E-state index in [1.807, 2.05) is 38.1 Å². The normalized spacial score (nSPS) is 12.4. The summed E-state index contributed by atoms with van der Waals surface area (Å²) >= 11 is 0. The fourth-order valence-corrected chi connectivity index (χ4v) is 2.25. The molecule has 0 aliphatic heterocycles. The average molecular weight is 292 g/mol. The Bertz CT molecular complexity index is 427. The number of nitrogens with zero attached hydrogens (tertiary/aromatic N) is 1. The molecule has 4 nitrogen and oxygen atoms in total. The van der Waals surface area contributed by atoms with E-state index in [0.717, 1.165) is 37.2 Å². The quantitative estimate of drug-likeness (QED) is 0.736. The Balaban J connectivity index is 2.66. The molecule has 118 valence electrons. The van der Waals surface area contributed by atoms with E-state index < -0.39 is 0 Å². The van der Waals surface area contributed by atoms with Gasteiger partial charge >= 0.3 is 0 Å². The molecule has 0 heterocycles. The zero-order chi connectivity index (χ0) is 15.7. The van der Waals surface area contributed by atoms with Gasteiger partial charge in [-0.25, -0.2) is 0 Å². The molecule has 0 aliphatic rings. The lowest BCUT2D eigenvalue weighted by Gasteiger charge is -2.28. The second-order valence-electron chi connectivity index (χ2n) is 5.45. The van der Waals surface area contributed by atoms with Crippen LogP contribution in [0.25, 0.3) is 0 Å². The Morgan fingerprint density at radius 3 is 2.57 bits per heavy atom. The van der Waals surface area contributed by atoms with Crippen molar-refractivity contribution in [1.82, 2.24) is 4.90 Å². The van der Waals surface area contributed by atoms with Gasteiger partial charge in [0.25, 0.3) is 0 Å². The Kier molecular flexibility index (Phi) is 8.01. The zero-order valence-corrected chi connectivity index (χ0v) is 13.4. The van der Waals surface area contributed by atoms with Crippen LogP contribution < -0.4 is 5.32 Å². The number of hydrogen-bond donors (Lipinski definition) is 2. The first-order valence-electron chi connectivity index (χ1n) is 7.81. The highest BCUT2D eigenvalue weighted by Gasteiger charge is 2.20. The molecule has 0 bridgehead atoms. The van der Waals surface area contributed by atoms with E-state index in [2.05, 4.69) is 17.1 Å². The summed E-state index contributed by atoms with van der Waals surface area (Å²) in [4.78, 5) is 14.6. The van der Waals surface area contributed by atoms with Crippen molar-refractivity contribution in [3.05, 3.63) is 29.8 Å². The van der Waals surface area contributed by atoms with Gasteiger partial charge in [0.05, 0.1) is 6.04 Å². The summed E-state index contributed by atoms with van der Waals surface area (Å²) in [5.74, 6) is 0.0124. The second-order valence-corrected chi connectivity index (χ2v) is 5.45. The number of nitrogens with one attached hydrogen (secondary N) is 1. The molecular formula is C17H28N2O2. The average Bonchev–Trinajstić information content (AvgIpc) is 2.49. The Morgan fingerprint density at radius 1 is 1.29 bits per heavy atom. The molecule has 0 saturated carbocycles. The fourth-order valence-electron chi connectivity index (χ4n) is 2.25. The highest BCUT2D eigenvalue weighted by atomic mass is 16.3. The van der Waals surface area contributed by atoms with Gasteiger partial charge in [-0.2, -0.15) is 0 Å². The van der Waals surface area contributed by atoms with E-state index in [0.29, 0.717) is 6.42 Å². The number of carbonyl (C=O) groups excluding carboxylic acids is 1. The minimum atomic E-state index is -0.192. The van der Waals surface area contributed by atoms with Crippen LogP contribution in [0.1, 0.15) is 38.7 Å². The van der Waals surface area contributed by atoms with Gasteiger partial charge in [0, 0.05) is 18.8 Å². The highest BCUT2D eigenvalue weighted by molar-refractivity contribution is 5.95. The maximum atomic E-state index is 12.4. The van der Waals surface area contributed by atoms with Crippen molar-refractivity contribution in [2.45, 2.75) is 46.1 Å². The van der Waals surface area contributed by atoms with Gasteiger partial charge in [0.2, 0.25) is 5.91 Å². The number of benzene rings is 1. The first-order valence-corrected chi connectivity index (χ1v) is 7.81. The minimum absolute atomic E-state index is 0.0124. The lowest BCUT2D eigenvalue weighted by molar-refractivity contribution is -0.120. The molecular weight excluding hydrogens is 264 g/mol. The van der Waals surface area contributed by atoms with Gasteiger partial charge in [-0.05, 0) is 44.9 Å². The molecule has 0 radical (unpaired) electrons. The third-order valence-corrected chi connectivity index (χ3v) is 3.73. The van der Waals surface area contributed by atoms with E-state index in [1.54, 1.807) is 0 Å². The van der Waals surface area contributed by atoms with Crippen molar-refractivity contribution < 1.29 is 9.90 Å². The molecule has 0 fully saturated rings. The molecule has 1 aromatic carbocycles. The van der Waals surface area contributed by atoms with Gasteiger partial charge in [-0.1, -0.05) is 31.5 Å². The Hall–Kier alpha value is -1.39. The molecule has 1 atom stereocenters. The number of anilines is 1. The van der Waals surface area contributed by atoms with Gasteiger partial charge in [0.15, 0.2) is 0 Å². The molecule has 1 aromatic rings. The van der Waals surface area contributed by atoms with Crippen molar-refractivity contribution in [2.75, 3.05) is 25.0 Å². The number of aryl methyl sites for hydroxylation is 1. The smallest absolute Gasteiger partial charge is 0.241 e. The van der Waals surface area contributed by atoms with Gasteiger partial charge in [-0.15, -0.1) is 0 Å². The molecule has 0 aromatic heterocycles. The number of aliphatic hydroxyl groups excluding tert-OH is 1. The van der Waals surface area contributed by atoms with Crippen LogP contribution in [0.4, 0.5) is 5.69 Å². The first-order chi connectivity index (χ1) is 10.1. The van der Waals surface area contributed by atoms with Crippen molar-refractivity contribution in [3.63, 3.8) is 0 Å². The van der Waals surface area contributed by atoms with Crippen LogP contribution in [0, 0.1) is 6.92 Å². The lowest BCUT2D eigenvalue weighted by Crippen LogP contribution is -2.43. The van der Waals surface area contributed by atoms with Crippen molar-refractivity contribution in [2.24, 2.45) is 0 Å². The maximum Gasteiger partial charge on any atom is 0.241 e. The second kappa shape index (κ2) is 9.53. The number of amides is 1. The third kappa shape index (κ3) is 5.86. The maximum absolute atomic E-state index is 12.4. The van der Waals surface area contributed by atoms with E-state index in [4.69, 9.17) is 5.11 Å². The van der Waals surface area contributed by atoms with Crippen molar-refractivity contribution in [1.29, 1.82) is 0 Å². The molecule has 0 saturated heterocycles. The van der Waals surface area contributed by atoms with Crippen LogP contribution in [-0.4, -0.2) is 41.7 Å². The zero-order valence-electron chi connectivity index (χ0n) is 13.4. The van der Waals surface area contributed by atoms with Crippen LogP contribution in [0.5, 0.6) is 0 Å². The third-order valence-electron chi connectivity index (χ3n) is 3.73. The van der Waals surface area contributed by atoms with E-state index >= 15 is 0 Å². The van der Waals surface area contributed by atoms with Crippen LogP contribution in [0.15, 0.2) is 24.3 Å². The number of carbonyl (C=O) groups is 1. The molecule has 2 N–H and O–H groups in total. The van der Waals surface area contributed by atoms with Crippen LogP contribution in [0.2, 0.25) is 0 Å². The highest BCUT2D eigenvalue weighted by Crippen LogP contribution is 2.14. The topological polar surface area (TPSA) is 52.6 Å². The first kappa shape index (κ1) is 17.7. The van der Waals surface area contributed by atoms with Gasteiger partial charge in [0.1, 0.15) is 0 Å². The van der Waals surface area contributed by atoms with Crippen molar-refractivity contribution >= 4 is 11.6 Å². The van der Waals surface area contributed by atoms with E-state index in [1.165, 1.54) is 0 Å². The van der Waals surface area contributed by atoms with Gasteiger partial charge < -0.3 is 10.4 Å². The minimum Gasteiger partial charge on any atom is -0.396 e. The van der Waals surface area contributed by atoms with E-state index in [9.17, 15) is 4.79 Å². The van der Waals surface area contributed by atoms with Gasteiger partial charge in [-0.3, -0.25) is 9.69 Å². The summed E-state index contributed by atoms with van der Waals surface area (Å²) < 4.78 is 0. The summed E-state index contributed by atoms with van der Waals surface area (Å²) in [7, 11) is 0. The molecule has 0 spiro atoms. The fraction of sp³-hybridized carbons (Fsp3) is 0.588. The monoisotopic (exact) mass is 292 g/mol. The number of hydrogen-bond acceptors (Lipinski definition) is 3. The summed E-state index contributed by atoms with van der Waals surface area (Å²) in [5, 5.41) is 12.0.